The van der Waals surface area contributed by atoms with Gasteiger partial charge in [-0.2, -0.15) is 4.31 Å². The average molecular weight is 484 g/mol. The number of aromatic nitrogens is 3. The Balaban J connectivity index is 1.29. The molecule has 180 valence electrons. The first kappa shape index (κ1) is 23.0. The maximum absolute atomic E-state index is 15.2. The van der Waals surface area contributed by atoms with Gasteiger partial charge >= 0.3 is 0 Å². The molecule has 1 fully saturated rings. The van der Waals surface area contributed by atoms with Gasteiger partial charge in [-0.25, -0.2) is 12.8 Å². The molecule has 0 spiro atoms. The Morgan fingerprint density at radius 2 is 1.91 bits per heavy atom. The largest absolute Gasteiger partial charge is 0.362 e. The lowest BCUT2D eigenvalue weighted by Gasteiger charge is -2.37. The number of hydrogen-bond donors (Lipinski definition) is 0. The maximum Gasteiger partial charge on any atom is 0.217 e. The van der Waals surface area contributed by atoms with E-state index in [1.807, 2.05) is 47.9 Å². The highest BCUT2D eigenvalue weighted by Crippen LogP contribution is 2.32. The number of sulfonamides is 1. The van der Waals surface area contributed by atoms with E-state index in [4.69, 9.17) is 0 Å². The van der Waals surface area contributed by atoms with Crippen LogP contribution < -0.4 is 4.90 Å². The van der Waals surface area contributed by atoms with Crippen molar-refractivity contribution >= 4 is 15.7 Å². The highest BCUT2D eigenvalue weighted by molar-refractivity contribution is 7.89. The Hall–Kier alpha value is -2.78. The summed E-state index contributed by atoms with van der Waals surface area (Å²) in [7, 11) is -3.52. The van der Waals surface area contributed by atoms with E-state index in [0.717, 1.165) is 43.0 Å². The molecule has 0 aliphatic carbocycles. The van der Waals surface area contributed by atoms with Gasteiger partial charge in [0.15, 0.2) is 5.82 Å². The Morgan fingerprint density at radius 3 is 2.71 bits per heavy atom. The molecule has 0 radical (unpaired) electrons. The minimum absolute atomic E-state index is 0.0613. The average Bonchev–Trinajstić information content (AvgIpc) is 3.30. The molecule has 3 heterocycles. The fourth-order valence-electron chi connectivity index (χ4n) is 4.99. The monoisotopic (exact) mass is 483 g/mol. The van der Waals surface area contributed by atoms with Crippen LogP contribution in [0, 0.1) is 5.82 Å². The summed E-state index contributed by atoms with van der Waals surface area (Å²) in [5, 5.41) is 7.62. The number of benzene rings is 2. The Kier molecular flexibility index (Phi) is 6.40. The minimum Gasteiger partial charge on any atom is -0.362 e. The zero-order valence-electron chi connectivity index (χ0n) is 19.3. The molecule has 0 bridgehead atoms. The fourth-order valence-corrected chi connectivity index (χ4v) is 7.15. The van der Waals surface area contributed by atoms with Gasteiger partial charge in [0.2, 0.25) is 10.0 Å². The first-order chi connectivity index (χ1) is 16.4. The first-order valence-electron chi connectivity index (χ1n) is 11.9. The summed E-state index contributed by atoms with van der Waals surface area (Å²) in [5.41, 5.74) is 2.31. The van der Waals surface area contributed by atoms with Crippen LogP contribution in [0.4, 0.5) is 10.1 Å². The third kappa shape index (κ3) is 4.59. The molecule has 2 aromatic carbocycles. The Labute approximate surface area is 200 Å². The molecule has 2 aliphatic rings. The summed E-state index contributed by atoms with van der Waals surface area (Å²) in [4.78, 5) is 2.07. The van der Waals surface area contributed by atoms with Gasteiger partial charge in [0.25, 0.3) is 0 Å². The van der Waals surface area contributed by atoms with E-state index in [0.29, 0.717) is 24.9 Å². The normalized spacial score (nSPS) is 22.5. The number of nitrogens with zero attached hydrogens (tertiary/aromatic N) is 5. The third-order valence-corrected chi connectivity index (χ3v) is 9.57. The van der Waals surface area contributed by atoms with Crippen LogP contribution in [0.2, 0.25) is 0 Å². The van der Waals surface area contributed by atoms with Gasteiger partial charge in [-0.1, -0.05) is 36.4 Å². The van der Waals surface area contributed by atoms with Gasteiger partial charge in [0.1, 0.15) is 12.1 Å². The standard InChI is InChI=1S/C25H30FN5O2S/c1-19-7-11-23(12-8-20-5-3-2-4-6-20)34(32,33)31(19)16-21-9-10-22(15-24(21)26)29-13-14-30-18-27-28-25(30)17-29/h2-6,9-10,15,18-19,23H,7-8,11-14,16-17H2,1H3. The predicted octanol–water partition coefficient (Wildman–Crippen LogP) is 3.75. The van der Waals surface area contributed by atoms with E-state index in [2.05, 4.69) is 15.1 Å². The molecule has 1 saturated heterocycles. The quantitative estimate of drug-likeness (QED) is 0.534. The lowest BCUT2D eigenvalue weighted by atomic mass is 10.0. The van der Waals surface area contributed by atoms with Crippen LogP contribution in [-0.2, 0) is 36.1 Å². The van der Waals surface area contributed by atoms with Crippen LogP contribution in [0.1, 0.15) is 43.1 Å². The van der Waals surface area contributed by atoms with Crippen LogP contribution >= 0.6 is 0 Å². The van der Waals surface area contributed by atoms with E-state index in [1.54, 1.807) is 12.4 Å². The van der Waals surface area contributed by atoms with Gasteiger partial charge < -0.3 is 9.47 Å². The minimum atomic E-state index is -3.52. The summed E-state index contributed by atoms with van der Waals surface area (Å²) >= 11 is 0. The number of aryl methyl sites for hydroxylation is 1. The molecule has 2 atom stereocenters. The number of fused-ring (bicyclic) bond motifs is 1. The number of rotatable bonds is 6. The van der Waals surface area contributed by atoms with Gasteiger partial charge in [0.05, 0.1) is 11.8 Å². The Bertz CT molecular complexity index is 1250. The zero-order chi connectivity index (χ0) is 23.7. The maximum atomic E-state index is 15.2. The predicted molar refractivity (Wildman–Crippen MR) is 129 cm³/mol. The van der Waals surface area contributed by atoms with Crippen LogP contribution in [-0.4, -0.2) is 45.3 Å². The number of hydrogen-bond acceptors (Lipinski definition) is 5. The highest BCUT2D eigenvalue weighted by Gasteiger charge is 2.39. The summed E-state index contributed by atoms with van der Waals surface area (Å²) in [6, 6.07) is 14.9. The molecular weight excluding hydrogens is 453 g/mol. The van der Waals surface area contributed by atoms with Crippen molar-refractivity contribution in [1.29, 1.82) is 0 Å². The second-order valence-electron chi connectivity index (χ2n) is 9.30. The number of anilines is 1. The molecule has 2 unspecified atom stereocenters. The van der Waals surface area contributed by atoms with Gasteiger partial charge in [0, 0.05) is 36.9 Å². The van der Waals surface area contributed by atoms with Crippen molar-refractivity contribution in [3.63, 3.8) is 0 Å². The van der Waals surface area contributed by atoms with E-state index in [-0.39, 0.29) is 18.4 Å². The fraction of sp³-hybridized carbons (Fsp3) is 0.440. The topological polar surface area (TPSA) is 71.3 Å². The molecule has 0 amide bonds. The van der Waals surface area contributed by atoms with Crippen molar-refractivity contribution < 1.29 is 12.8 Å². The van der Waals surface area contributed by atoms with E-state index < -0.39 is 15.3 Å². The van der Waals surface area contributed by atoms with E-state index >= 15 is 4.39 Å². The summed E-state index contributed by atoms with van der Waals surface area (Å²) in [6.07, 6.45) is 4.44. The van der Waals surface area contributed by atoms with E-state index in [1.165, 1.54) is 10.4 Å². The van der Waals surface area contributed by atoms with Crippen LogP contribution in [0.3, 0.4) is 0 Å². The van der Waals surface area contributed by atoms with Gasteiger partial charge in [-0.3, -0.25) is 0 Å². The SMILES string of the molecule is CC1CCC(CCc2ccccc2)S(=O)(=O)N1Cc1ccc(N2CCn3cnnc3C2)cc1F. The van der Waals surface area contributed by atoms with Crippen LogP contribution in [0.25, 0.3) is 0 Å². The molecular formula is C25H30FN5O2S. The second-order valence-corrected chi connectivity index (χ2v) is 11.5. The van der Waals surface area contributed by atoms with Crippen LogP contribution in [0.15, 0.2) is 54.9 Å². The molecule has 2 aliphatic heterocycles. The van der Waals surface area contributed by atoms with Crippen molar-refractivity contribution in [2.45, 2.75) is 63.5 Å². The number of halogens is 1. The van der Waals surface area contributed by atoms with Gasteiger partial charge in [-0.05, 0) is 50.3 Å². The van der Waals surface area contributed by atoms with Gasteiger partial charge in [-0.15, -0.1) is 10.2 Å². The van der Waals surface area contributed by atoms with Crippen molar-refractivity contribution in [2.24, 2.45) is 0 Å². The third-order valence-electron chi connectivity index (χ3n) is 7.11. The summed E-state index contributed by atoms with van der Waals surface area (Å²) in [5.74, 6) is 0.476. The molecule has 9 heteroatoms. The first-order valence-corrected chi connectivity index (χ1v) is 13.4. The smallest absolute Gasteiger partial charge is 0.217 e. The van der Waals surface area contributed by atoms with Crippen molar-refractivity contribution in [2.75, 3.05) is 11.4 Å². The summed E-state index contributed by atoms with van der Waals surface area (Å²) in [6.45, 7) is 4.04. The molecule has 0 N–H and O–H groups in total. The lowest BCUT2D eigenvalue weighted by molar-refractivity contribution is 0.276. The van der Waals surface area contributed by atoms with Crippen molar-refractivity contribution in [3.8, 4) is 0 Å². The second kappa shape index (κ2) is 9.46. The highest BCUT2D eigenvalue weighted by atomic mass is 32.2. The van der Waals surface area contributed by atoms with Crippen molar-refractivity contribution in [3.05, 3.63) is 77.6 Å². The molecule has 3 aromatic rings. The van der Waals surface area contributed by atoms with E-state index in [9.17, 15) is 8.42 Å². The summed E-state index contributed by atoms with van der Waals surface area (Å²) < 4.78 is 45.6. The molecule has 7 nitrogen and oxygen atoms in total. The Morgan fingerprint density at radius 1 is 1.09 bits per heavy atom. The lowest BCUT2D eigenvalue weighted by Crippen LogP contribution is -2.48. The van der Waals surface area contributed by atoms with Crippen LogP contribution in [0.5, 0.6) is 0 Å². The molecule has 34 heavy (non-hydrogen) atoms. The molecule has 5 rings (SSSR count). The van der Waals surface area contributed by atoms with Crippen molar-refractivity contribution in [1.82, 2.24) is 19.1 Å². The molecule has 0 saturated carbocycles. The molecule has 1 aromatic heterocycles. The zero-order valence-corrected chi connectivity index (χ0v) is 20.2.